The number of halogens is 1. The molecule has 0 amide bonds. The number of nitrogens with zero attached hydrogens (tertiary/aromatic N) is 6. The van der Waals surface area contributed by atoms with Crippen LogP contribution in [-0.2, 0) is 0 Å². The van der Waals surface area contributed by atoms with Gasteiger partial charge in [-0.25, -0.2) is 0 Å². The monoisotopic (exact) mass is 268 g/mol. The third-order valence-corrected chi connectivity index (χ3v) is 3.29. The lowest BCUT2D eigenvalue weighted by Gasteiger charge is -2.16. The Morgan fingerprint density at radius 2 is 2.33 bits per heavy atom. The zero-order valence-corrected chi connectivity index (χ0v) is 9.50. The molecule has 3 heterocycles. The minimum atomic E-state index is 0.546. The topological polar surface area (TPSA) is 59.2 Å². The largest absolute Gasteiger partial charge is 0.354 e. The maximum atomic E-state index is 4.13. The normalized spacial score (nSPS) is 21.4. The van der Waals surface area contributed by atoms with Crippen molar-refractivity contribution in [3.05, 3.63) is 12.4 Å². The van der Waals surface area contributed by atoms with Gasteiger partial charge in [-0.1, -0.05) is 15.9 Å². The maximum absolute atomic E-state index is 4.13. The molecule has 78 valence electrons. The lowest BCUT2D eigenvalue weighted by atomic mass is 10.4. The van der Waals surface area contributed by atoms with Gasteiger partial charge in [0.25, 0.3) is 0 Å². The van der Waals surface area contributed by atoms with E-state index in [0.29, 0.717) is 10.5 Å². The fourth-order valence-electron chi connectivity index (χ4n) is 1.80. The van der Waals surface area contributed by atoms with E-state index in [1.54, 1.807) is 16.9 Å². The molecule has 1 fully saturated rings. The first kappa shape index (κ1) is 9.02. The highest BCUT2D eigenvalue weighted by molar-refractivity contribution is 9.09. The summed E-state index contributed by atoms with van der Waals surface area (Å²) in [5.74, 6) is 0.958. The third-order valence-electron chi connectivity index (χ3n) is 2.55. The SMILES string of the molecule is BrC1CCN(c2cncc3nnnn23)C1. The first-order chi connectivity index (χ1) is 7.34. The molecule has 2 aromatic rings. The number of aromatic nitrogens is 5. The summed E-state index contributed by atoms with van der Waals surface area (Å²) in [6.07, 6.45) is 4.60. The van der Waals surface area contributed by atoms with E-state index in [0.717, 1.165) is 25.3 Å². The van der Waals surface area contributed by atoms with E-state index in [9.17, 15) is 0 Å². The predicted octanol–water partition coefficient (Wildman–Crippen LogP) is 0.493. The third kappa shape index (κ3) is 1.46. The van der Waals surface area contributed by atoms with E-state index in [1.807, 2.05) is 0 Å². The summed E-state index contributed by atoms with van der Waals surface area (Å²) in [6, 6.07) is 0. The van der Waals surface area contributed by atoms with E-state index in [1.165, 1.54) is 0 Å². The molecule has 2 aromatic heterocycles. The molecular weight excluding hydrogens is 260 g/mol. The number of hydrogen-bond acceptors (Lipinski definition) is 5. The van der Waals surface area contributed by atoms with Crippen LogP contribution in [0.5, 0.6) is 0 Å². The molecule has 0 saturated carbocycles. The van der Waals surface area contributed by atoms with Crippen LogP contribution in [0.4, 0.5) is 5.82 Å². The first-order valence-electron chi connectivity index (χ1n) is 4.76. The molecule has 15 heavy (non-hydrogen) atoms. The lowest BCUT2D eigenvalue weighted by molar-refractivity contribution is 0.790. The van der Waals surface area contributed by atoms with E-state index < -0.39 is 0 Å². The number of rotatable bonds is 1. The quantitative estimate of drug-likeness (QED) is 0.705. The molecule has 0 spiro atoms. The number of alkyl halides is 1. The van der Waals surface area contributed by atoms with Gasteiger partial charge in [0, 0.05) is 17.9 Å². The van der Waals surface area contributed by atoms with Crippen LogP contribution in [-0.4, -0.2) is 42.9 Å². The molecule has 1 atom stereocenters. The molecule has 1 saturated heterocycles. The summed E-state index contributed by atoms with van der Waals surface area (Å²) >= 11 is 3.61. The summed E-state index contributed by atoms with van der Waals surface area (Å²) in [6.45, 7) is 1.98. The standard InChI is InChI=1S/C8H9BrN6/c9-6-1-2-14(5-6)8-4-10-3-7-11-12-13-15(7)8/h3-4,6H,1-2,5H2. The second-order valence-electron chi connectivity index (χ2n) is 3.55. The summed E-state index contributed by atoms with van der Waals surface area (Å²) in [7, 11) is 0. The Labute approximate surface area is 94.4 Å². The lowest BCUT2D eigenvalue weighted by Crippen LogP contribution is -2.22. The average molecular weight is 269 g/mol. The maximum Gasteiger partial charge on any atom is 0.199 e. The molecule has 0 aliphatic carbocycles. The van der Waals surface area contributed by atoms with Gasteiger partial charge in [0.05, 0.1) is 12.4 Å². The number of fused-ring (bicyclic) bond motifs is 1. The van der Waals surface area contributed by atoms with Crippen molar-refractivity contribution in [2.24, 2.45) is 0 Å². The van der Waals surface area contributed by atoms with Crippen molar-refractivity contribution in [2.75, 3.05) is 18.0 Å². The molecule has 7 heteroatoms. The van der Waals surface area contributed by atoms with Crippen molar-refractivity contribution in [2.45, 2.75) is 11.2 Å². The first-order valence-corrected chi connectivity index (χ1v) is 5.67. The number of anilines is 1. The van der Waals surface area contributed by atoms with Crippen LogP contribution in [0.2, 0.25) is 0 Å². The van der Waals surface area contributed by atoms with Gasteiger partial charge in [0.15, 0.2) is 11.5 Å². The smallest absolute Gasteiger partial charge is 0.199 e. The molecule has 6 nitrogen and oxygen atoms in total. The molecule has 1 unspecified atom stereocenters. The Hall–Kier alpha value is -1.24. The molecule has 0 radical (unpaired) electrons. The Bertz CT molecular complexity index is 483. The van der Waals surface area contributed by atoms with Gasteiger partial charge in [0.2, 0.25) is 0 Å². The van der Waals surface area contributed by atoms with Crippen molar-refractivity contribution in [3.8, 4) is 0 Å². The molecule has 0 bridgehead atoms. The summed E-state index contributed by atoms with van der Waals surface area (Å²) in [4.78, 5) is 6.91. The van der Waals surface area contributed by atoms with E-state index in [-0.39, 0.29) is 0 Å². The van der Waals surface area contributed by atoms with Crippen molar-refractivity contribution < 1.29 is 0 Å². The average Bonchev–Trinajstić information content (AvgIpc) is 2.84. The minimum Gasteiger partial charge on any atom is -0.354 e. The Morgan fingerprint density at radius 3 is 3.13 bits per heavy atom. The molecule has 1 aliphatic heterocycles. The highest BCUT2D eigenvalue weighted by Crippen LogP contribution is 2.22. The van der Waals surface area contributed by atoms with Gasteiger partial charge in [-0.05, 0) is 16.8 Å². The van der Waals surface area contributed by atoms with Crippen LogP contribution in [0.3, 0.4) is 0 Å². The zero-order valence-electron chi connectivity index (χ0n) is 7.91. The zero-order chi connectivity index (χ0) is 10.3. The fourth-order valence-corrected chi connectivity index (χ4v) is 2.36. The van der Waals surface area contributed by atoms with Crippen molar-refractivity contribution >= 4 is 27.4 Å². The van der Waals surface area contributed by atoms with Gasteiger partial charge in [-0.3, -0.25) is 4.98 Å². The second-order valence-corrected chi connectivity index (χ2v) is 4.84. The minimum absolute atomic E-state index is 0.546. The summed E-state index contributed by atoms with van der Waals surface area (Å²) in [5.41, 5.74) is 0.686. The summed E-state index contributed by atoms with van der Waals surface area (Å²) < 4.78 is 1.72. The molecule has 0 N–H and O–H groups in total. The van der Waals surface area contributed by atoms with Crippen LogP contribution in [0.15, 0.2) is 12.4 Å². The van der Waals surface area contributed by atoms with E-state index >= 15 is 0 Å². The van der Waals surface area contributed by atoms with Crippen LogP contribution in [0.25, 0.3) is 5.65 Å². The van der Waals surface area contributed by atoms with Crippen LogP contribution in [0, 0.1) is 0 Å². The second kappa shape index (κ2) is 3.41. The molecular formula is C8H9BrN6. The number of hydrogen-bond donors (Lipinski definition) is 0. The van der Waals surface area contributed by atoms with E-state index in [2.05, 4.69) is 41.3 Å². The Balaban J connectivity index is 2.06. The van der Waals surface area contributed by atoms with Gasteiger partial charge < -0.3 is 4.90 Å². The fraction of sp³-hybridized carbons (Fsp3) is 0.500. The van der Waals surface area contributed by atoms with Gasteiger partial charge >= 0.3 is 0 Å². The highest BCUT2D eigenvalue weighted by Gasteiger charge is 2.22. The van der Waals surface area contributed by atoms with Gasteiger partial charge in [-0.15, -0.1) is 5.10 Å². The van der Waals surface area contributed by atoms with Crippen molar-refractivity contribution in [3.63, 3.8) is 0 Å². The molecule has 3 rings (SSSR count). The van der Waals surface area contributed by atoms with Crippen molar-refractivity contribution in [1.29, 1.82) is 0 Å². The summed E-state index contributed by atoms with van der Waals surface area (Å²) in [5, 5.41) is 11.5. The van der Waals surface area contributed by atoms with E-state index in [4.69, 9.17) is 0 Å². The highest BCUT2D eigenvalue weighted by atomic mass is 79.9. The molecule has 0 aromatic carbocycles. The predicted molar refractivity (Wildman–Crippen MR) is 58.1 cm³/mol. The van der Waals surface area contributed by atoms with Crippen LogP contribution < -0.4 is 4.90 Å². The number of tetrazole rings is 1. The van der Waals surface area contributed by atoms with Gasteiger partial charge in [0.1, 0.15) is 0 Å². The van der Waals surface area contributed by atoms with Crippen molar-refractivity contribution in [1.82, 2.24) is 25.0 Å². The Morgan fingerprint density at radius 1 is 1.40 bits per heavy atom. The molecule has 1 aliphatic rings. The van der Waals surface area contributed by atoms with Crippen LogP contribution in [0.1, 0.15) is 6.42 Å². The van der Waals surface area contributed by atoms with Crippen LogP contribution >= 0.6 is 15.9 Å². The Kier molecular flexibility index (Phi) is 2.05. The van der Waals surface area contributed by atoms with Gasteiger partial charge in [-0.2, -0.15) is 4.52 Å².